The van der Waals surface area contributed by atoms with Crippen molar-refractivity contribution in [2.75, 3.05) is 11.9 Å². The van der Waals surface area contributed by atoms with Crippen LogP contribution >= 0.6 is 28.3 Å². The quantitative estimate of drug-likeness (QED) is 0.764. The third-order valence-electron chi connectivity index (χ3n) is 1.72. The molecule has 0 bridgehead atoms. The van der Waals surface area contributed by atoms with E-state index < -0.39 is 0 Å². The largest absolute Gasteiger partial charge is 0.377 e. The predicted molar refractivity (Wildman–Crippen MR) is 54.2 cm³/mol. The summed E-state index contributed by atoms with van der Waals surface area (Å²) in [7, 11) is 0. The molecule has 0 saturated carbocycles. The van der Waals surface area contributed by atoms with Crippen molar-refractivity contribution in [2.24, 2.45) is 0 Å². The molecule has 1 aliphatic rings. The number of anilines is 1. The van der Waals surface area contributed by atoms with E-state index in [1.54, 1.807) is 0 Å². The highest BCUT2D eigenvalue weighted by molar-refractivity contribution is 9.10. The average Bonchev–Trinajstić information content (AvgIpc) is 2.33. The average molecular weight is 249 g/mol. The molecule has 12 heavy (non-hydrogen) atoms. The number of benzene rings is 1. The zero-order valence-electron chi connectivity index (χ0n) is 6.13. The van der Waals surface area contributed by atoms with Crippen LogP contribution in [0.1, 0.15) is 10.4 Å². The van der Waals surface area contributed by atoms with Gasteiger partial charge < -0.3 is 5.32 Å². The van der Waals surface area contributed by atoms with Gasteiger partial charge in [0.1, 0.15) is 0 Å². The second kappa shape index (κ2) is 3.46. The van der Waals surface area contributed by atoms with Crippen LogP contribution in [0.4, 0.5) is 5.69 Å². The van der Waals surface area contributed by atoms with Crippen LogP contribution in [0.2, 0.25) is 0 Å². The Morgan fingerprint density at radius 1 is 1.42 bits per heavy atom. The molecule has 0 saturated heterocycles. The van der Waals surface area contributed by atoms with E-state index in [-0.39, 0.29) is 18.2 Å². The van der Waals surface area contributed by atoms with Gasteiger partial charge in [-0.3, -0.25) is 4.79 Å². The molecule has 0 radical (unpaired) electrons. The lowest BCUT2D eigenvalue weighted by Crippen LogP contribution is -2.00. The Labute approximate surface area is 84.9 Å². The number of nitrogens with one attached hydrogen (secondary N) is 1. The topological polar surface area (TPSA) is 29.1 Å². The Morgan fingerprint density at radius 3 is 2.92 bits per heavy atom. The summed E-state index contributed by atoms with van der Waals surface area (Å²) in [6.45, 7) is 0.436. The van der Waals surface area contributed by atoms with Crippen LogP contribution in [0.25, 0.3) is 0 Å². The van der Waals surface area contributed by atoms with Crippen LogP contribution in [-0.2, 0) is 0 Å². The Bertz CT molecular complexity index is 327. The molecule has 0 aliphatic carbocycles. The van der Waals surface area contributed by atoms with Gasteiger partial charge in [0.25, 0.3) is 0 Å². The molecule has 1 aromatic rings. The minimum atomic E-state index is 0. The summed E-state index contributed by atoms with van der Waals surface area (Å²) < 4.78 is 0.952. The van der Waals surface area contributed by atoms with E-state index in [4.69, 9.17) is 0 Å². The van der Waals surface area contributed by atoms with Gasteiger partial charge in [-0.15, -0.1) is 12.4 Å². The van der Waals surface area contributed by atoms with Crippen molar-refractivity contribution < 1.29 is 4.79 Å². The summed E-state index contributed by atoms with van der Waals surface area (Å²) in [6, 6.07) is 5.67. The van der Waals surface area contributed by atoms with E-state index in [2.05, 4.69) is 21.2 Å². The summed E-state index contributed by atoms with van der Waals surface area (Å²) in [5.74, 6) is 0.168. The Kier molecular flexibility index (Phi) is 2.75. The summed E-state index contributed by atoms with van der Waals surface area (Å²) in [4.78, 5) is 11.1. The van der Waals surface area contributed by atoms with Crippen molar-refractivity contribution in [3.8, 4) is 0 Å². The summed E-state index contributed by atoms with van der Waals surface area (Å²) in [5, 5.41) is 3.01. The molecule has 0 spiro atoms. The van der Waals surface area contributed by atoms with E-state index in [9.17, 15) is 4.79 Å². The van der Waals surface area contributed by atoms with Gasteiger partial charge in [-0.2, -0.15) is 0 Å². The molecule has 0 unspecified atom stereocenters. The van der Waals surface area contributed by atoms with Crippen molar-refractivity contribution in [1.29, 1.82) is 0 Å². The molecule has 0 fully saturated rings. The molecular formula is C8H7BrClNO. The van der Waals surface area contributed by atoms with Crippen LogP contribution in [0, 0.1) is 0 Å². The number of hydrogen-bond acceptors (Lipinski definition) is 2. The molecular weight excluding hydrogens is 241 g/mol. The lowest BCUT2D eigenvalue weighted by Gasteiger charge is -1.96. The van der Waals surface area contributed by atoms with Crippen molar-refractivity contribution in [1.82, 2.24) is 0 Å². The standard InChI is InChI=1S/C8H6BrNO.ClH/c9-5-1-2-7-6(3-5)8(11)4-10-7;/h1-3,10H,4H2;1H. The molecule has 1 aliphatic heterocycles. The highest BCUT2D eigenvalue weighted by atomic mass is 79.9. The monoisotopic (exact) mass is 247 g/mol. The van der Waals surface area contributed by atoms with Crippen molar-refractivity contribution in [3.63, 3.8) is 0 Å². The second-order valence-corrected chi connectivity index (χ2v) is 3.38. The van der Waals surface area contributed by atoms with Gasteiger partial charge in [0.05, 0.1) is 6.54 Å². The first kappa shape index (κ1) is 9.55. The van der Waals surface area contributed by atoms with Gasteiger partial charge >= 0.3 is 0 Å². The van der Waals surface area contributed by atoms with Crippen LogP contribution in [-0.4, -0.2) is 12.3 Å². The third-order valence-corrected chi connectivity index (χ3v) is 2.21. The zero-order chi connectivity index (χ0) is 7.84. The fourth-order valence-electron chi connectivity index (χ4n) is 1.17. The van der Waals surface area contributed by atoms with Crippen LogP contribution in [0.3, 0.4) is 0 Å². The molecule has 1 aromatic carbocycles. The lowest BCUT2D eigenvalue weighted by atomic mass is 10.1. The first-order valence-corrected chi connectivity index (χ1v) is 4.13. The molecule has 64 valence electrons. The van der Waals surface area contributed by atoms with Gasteiger partial charge in [0.15, 0.2) is 5.78 Å². The van der Waals surface area contributed by atoms with Gasteiger partial charge in [-0.1, -0.05) is 15.9 Å². The highest BCUT2D eigenvalue weighted by Crippen LogP contribution is 2.25. The molecule has 4 heteroatoms. The Balaban J connectivity index is 0.000000720. The third kappa shape index (κ3) is 1.47. The van der Waals surface area contributed by atoms with Crippen LogP contribution in [0.5, 0.6) is 0 Å². The summed E-state index contributed by atoms with van der Waals surface area (Å²) >= 11 is 3.31. The molecule has 1 heterocycles. The first-order valence-electron chi connectivity index (χ1n) is 3.34. The fourth-order valence-corrected chi connectivity index (χ4v) is 1.53. The zero-order valence-corrected chi connectivity index (χ0v) is 8.54. The fraction of sp³-hybridized carbons (Fsp3) is 0.125. The van der Waals surface area contributed by atoms with Crippen molar-refractivity contribution >= 4 is 39.8 Å². The molecule has 2 nitrogen and oxygen atoms in total. The molecule has 2 rings (SSSR count). The lowest BCUT2D eigenvalue weighted by molar-refractivity contribution is 0.101. The number of fused-ring (bicyclic) bond motifs is 1. The maximum Gasteiger partial charge on any atom is 0.183 e. The normalized spacial score (nSPS) is 13.2. The first-order chi connectivity index (χ1) is 5.27. The summed E-state index contributed by atoms with van der Waals surface area (Å²) in [6.07, 6.45) is 0. The number of hydrogen-bond donors (Lipinski definition) is 1. The van der Waals surface area contributed by atoms with E-state index in [0.29, 0.717) is 6.54 Å². The van der Waals surface area contributed by atoms with E-state index in [0.717, 1.165) is 15.7 Å². The second-order valence-electron chi connectivity index (χ2n) is 2.47. The molecule has 1 N–H and O–H groups in total. The SMILES string of the molecule is Cl.O=C1CNc2ccc(Br)cc21. The van der Waals surface area contributed by atoms with E-state index in [1.165, 1.54) is 0 Å². The predicted octanol–water partition coefficient (Wildman–Crippen LogP) is 2.48. The Morgan fingerprint density at radius 2 is 2.17 bits per heavy atom. The number of carbonyl (C=O) groups is 1. The molecule has 0 atom stereocenters. The minimum absolute atomic E-state index is 0. The molecule has 0 aromatic heterocycles. The Hall–Kier alpha value is -0.540. The van der Waals surface area contributed by atoms with Gasteiger partial charge in [-0.05, 0) is 18.2 Å². The van der Waals surface area contributed by atoms with Gasteiger partial charge in [0, 0.05) is 15.7 Å². The van der Waals surface area contributed by atoms with Gasteiger partial charge in [0.2, 0.25) is 0 Å². The summed E-state index contributed by atoms with van der Waals surface area (Å²) in [5.41, 5.74) is 1.73. The maximum atomic E-state index is 11.1. The van der Waals surface area contributed by atoms with Crippen molar-refractivity contribution in [2.45, 2.75) is 0 Å². The number of carbonyl (C=O) groups excluding carboxylic acids is 1. The smallest absolute Gasteiger partial charge is 0.183 e. The van der Waals surface area contributed by atoms with E-state index in [1.807, 2.05) is 18.2 Å². The number of ketones is 1. The number of halogens is 2. The maximum absolute atomic E-state index is 11.1. The van der Waals surface area contributed by atoms with Crippen molar-refractivity contribution in [3.05, 3.63) is 28.2 Å². The van der Waals surface area contributed by atoms with E-state index >= 15 is 0 Å². The number of rotatable bonds is 0. The minimum Gasteiger partial charge on any atom is -0.377 e. The van der Waals surface area contributed by atoms with Crippen LogP contribution in [0.15, 0.2) is 22.7 Å². The molecule has 0 amide bonds. The van der Waals surface area contributed by atoms with Crippen LogP contribution < -0.4 is 5.32 Å². The number of Topliss-reactive ketones (excluding diaryl/α,β-unsaturated/α-hetero) is 1. The van der Waals surface area contributed by atoms with Gasteiger partial charge in [-0.25, -0.2) is 0 Å². The highest BCUT2D eigenvalue weighted by Gasteiger charge is 2.17.